The summed E-state index contributed by atoms with van der Waals surface area (Å²) in [6.45, 7) is 0.369. The van der Waals surface area contributed by atoms with Gasteiger partial charge >= 0.3 is 0 Å². The Labute approximate surface area is 132 Å². The molecule has 5 nitrogen and oxygen atoms in total. The van der Waals surface area contributed by atoms with E-state index >= 15 is 0 Å². The fourth-order valence-electron chi connectivity index (χ4n) is 2.05. The number of aliphatic hydroxyl groups is 1. The van der Waals surface area contributed by atoms with Crippen molar-refractivity contribution in [2.45, 2.75) is 6.10 Å². The van der Waals surface area contributed by atoms with Crippen molar-refractivity contribution in [2.75, 3.05) is 18.5 Å². The summed E-state index contributed by atoms with van der Waals surface area (Å²) >= 11 is 0. The van der Waals surface area contributed by atoms with Crippen LogP contribution in [0.5, 0.6) is 5.75 Å². The number of halogens is 1. The number of hydrogen-bond acceptors (Lipinski definition) is 5. The highest BCUT2D eigenvalue weighted by molar-refractivity contribution is 5.75. The normalized spacial score (nSPS) is 12.1. The molecule has 1 heterocycles. The number of benzene rings is 2. The van der Waals surface area contributed by atoms with Gasteiger partial charge in [-0.05, 0) is 36.4 Å². The highest BCUT2D eigenvalue weighted by atomic mass is 19.1. The van der Waals surface area contributed by atoms with Crippen LogP contribution >= 0.6 is 0 Å². The third kappa shape index (κ3) is 4.14. The number of aliphatic hydroxyl groups excluding tert-OH is 1. The van der Waals surface area contributed by atoms with Crippen molar-refractivity contribution in [3.63, 3.8) is 0 Å². The minimum atomic E-state index is -0.728. The summed E-state index contributed by atoms with van der Waals surface area (Å²) in [6, 6.07) is 13.2. The van der Waals surface area contributed by atoms with E-state index in [1.54, 1.807) is 6.20 Å². The molecule has 0 unspecified atom stereocenters. The van der Waals surface area contributed by atoms with E-state index < -0.39 is 6.10 Å². The second-order valence-electron chi connectivity index (χ2n) is 5.04. The molecule has 0 radical (unpaired) electrons. The molecular weight excluding hydrogens is 297 g/mol. The van der Waals surface area contributed by atoms with Gasteiger partial charge in [-0.25, -0.2) is 9.37 Å². The second kappa shape index (κ2) is 7.02. The van der Waals surface area contributed by atoms with Gasteiger partial charge < -0.3 is 15.2 Å². The molecule has 2 aromatic carbocycles. The summed E-state index contributed by atoms with van der Waals surface area (Å²) in [5.74, 6) is 0.773. The molecule has 0 aliphatic rings. The fraction of sp³-hybridized carbons (Fsp3) is 0.176. The highest BCUT2D eigenvalue weighted by Crippen LogP contribution is 2.12. The van der Waals surface area contributed by atoms with Gasteiger partial charge in [-0.15, -0.1) is 0 Å². The molecule has 0 bridgehead atoms. The van der Waals surface area contributed by atoms with Crippen molar-refractivity contribution in [2.24, 2.45) is 0 Å². The summed E-state index contributed by atoms with van der Waals surface area (Å²) < 4.78 is 18.2. The quantitative estimate of drug-likeness (QED) is 0.732. The summed E-state index contributed by atoms with van der Waals surface area (Å²) in [5, 5.41) is 12.9. The molecule has 0 saturated heterocycles. The predicted octanol–water partition coefficient (Wildman–Crippen LogP) is 2.62. The van der Waals surface area contributed by atoms with Crippen LogP contribution in [-0.2, 0) is 0 Å². The first-order valence-electron chi connectivity index (χ1n) is 7.23. The Bertz CT molecular complexity index is 780. The van der Waals surface area contributed by atoms with Crippen LogP contribution < -0.4 is 10.1 Å². The van der Waals surface area contributed by atoms with E-state index in [-0.39, 0.29) is 19.0 Å². The van der Waals surface area contributed by atoms with Gasteiger partial charge in [-0.1, -0.05) is 12.1 Å². The van der Waals surface area contributed by atoms with E-state index in [2.05, 4.69) is 15.3 Å². The average molecular weight is 313 g/mol. The van der Waals surface area contributed by atoms with E-state index in [9.17, 15) is 9.50 Å². The Hall–Kier alpha value is -2.73. The molecule has 0 aliphatic heterocycles. The highest BCUT2D eigenvalue weighted by Gasteiger charge is 2.07. The van der Waals surface area contributed by atoms with Crippen LogP contribution in [0.4, 0.5) is 10.2 Å². The van der Waals surface area contributed by atoms with E-state index in [0.717, 1.165) is 11.0 Å². The van der Waals surface area contributed by atoms with Gasteiger partial charge in [0.25, 0.3) is 0 Å². The fourth-order valence-corrected chi connectivity index (χ4v) is 2.05. The molecule has 0 saturated carbocycles. The smallest absolute Gasteiger partial charge is 0.145 e. The van der Waals surface area contributed by atoms with Crippen LogP contribution in [0.3, 0.4) is 0 Å². The number of rotatable bonds is 6. The van der Waals surface area contributed by atoms with Crippen molar-refractivity contribution in [3.8, 4) is 5.75 Å². The maximum absolute atomic E-state index is 12.8. The summed E-state index contributed by atoms with van der Waals surface area (Å²) in [4.78, 5) is 8.70. The maximum atomic E-state index is 12.8. The molecule has 2 N–H and O–H groups in total. The molecule has 23 heavy (non-hydrogen) atoms. The van der Waals surface area contributed by atoms with Crippen molar-refractivity contribution >= 4 is 16.9 Å². The number of nitrogens with zero attached hydrogens (tertiary/aromatic N) is 2. The zero-order chi connectivity index (χ0) is 16.1. The largest absolute Gasteiger partial charge is 0.491 e. The number of nitrogens with one attached hydrogen (secondary N) is 1. The average Bonchev–Trinajstić information content (AvgIpc) is 2.59. The lowest BCUT2D eigenvalue weighted by Gasteiger charge is -2.13. The molecule has 3 rings (SSSR count). The molecule has 3 aromatic rings. The zero-order valence-electron chi connectivity index (χ0n) is 12.3. The van der Waals surface area contributed by atoms with E-state index in [0.29, 0.717) is 11.6 Å². The first-order chi connectivity index (χ1) is 11.2. The number of fused-ring (bicyclic) bond motifs is 1. The van der Waals surface area contributed by atoms with Gasteiger partial charge in [-0.2, -0.15) is 0 Å². The molecule has 0 spiro atoms. The van der Waals surface area contributed by atoms with E-state index in [1.165, 1.54) is 24.3 Å². The summed E-state index contributed by atoms with van der Waals surface area (Å²) in [7, 11) is 0. The molecular formula is C17H16FN3O2. The van der Waals surface area contributed by atoms with Gasteiger partial charge in [0.15, 0.2) is 0 Å². The van der Waals surface area contributed by atoms with Crippen LogP contribution in [0.15, 0.2) is 54.7 Å². The third-order valence-corrected chi connectivity index (χ3v) is 3.22. The minimum absolute atomic E-state index is 0.0969. The number of aromatic nitrogens is 2. The minimum Gasteiger partial charge on any atom is -0.491 e. The van der Waals surface area contributed by atoms with Crippen LogP contribution in [0, 0.1) is 5.82 Å². The van der Waals surface area contributed by atoms with Gasteiger partial charge in [0, 0.05) is 6.54 Å². The summed E-state index contributed by atoms with van der Waals surface area (Å²) in [6.07, 6.45) is 0.893. The van der Waals surface area contributed by atoms with E-state index in [4.69, 9.17) is 4.74 Å². The molecule has 0 aliphatic carbocycles. The summed E-state index contributed by atoms with van der Waals surface area (Å²) in [5.41, 5.74) is 1.60. The molecule has 1 aromatic heterocycles. The molecule has 118 valence electrons. The van der Waals surface area contributed by atoms with Crippen LogP contribution in [0.2, 0.25) is 0 Å². The lowest BCUT2D eigenvalue weighted by atomic mass is 10.3. The van der Waals surface area contributed by atoms with Gasteiger partial charge in [0.1, 0.15) is 30.1 Å². The number of hydrogen-bond donors (Lipinski definition) is 2. The number of para-hydroxylation sites is 2. The van der Waals surface area contributed by atoms with Crippen molar-refractivity contribution in [3.05, 3.63) is 60.5 Å². The lowest BCUT2D eigenvalue weighted by molar-refractivity contribution is 0.117. The Morgan fingerprint density at radius 1 is 1.09 bits per heavy atom. The Balaban J connectivity index is 1.51. The number of anilines is 1. The molecule has 0 amide bonds. The Morgan fingerprint density at radius 3 is 2.61 bits per heavy atom. The van der Waals surface area contributed by atoms with Crippen molar-refractivity contribution < 1.29 is 14.2 Å². The predicted molar refractivity (Wildman–Crippen MR) is 85.9 cm³/mol. The van der Waals surface area contributed by atoms with Crippen LogP contribution in [0.1, 0.15) is 0 Å². The molecule has 1 atom stereocenters. The van der Waals surface area contributed by atoms with Crippen LogP contribution in [0.25, 0.3) is 11.0 Å². The second-order valence-corrected chi connectivity index (χ2v) is 5.04. The number of ether oxygens (including phenoxy) is 1. The standard InChI is InChI=1S/C17H16FN3O2/c18-12-5-7-14(8-6-12)23-11-13(22)9-20-17-10-19-15-3-1-2-4-16(15)21-17/h1-8,10,13,22H,9,11H2,(H,20,21)/t13-/m0/s1. The van der Waals surface area contributed by atoms with Crippen LogP contribution in [-0.4, -0.2) is 34.3 Å². The monoisotopic (exact) mass is 313 g/mol. The molecule has 6 heteroatoms. The van der Waals surface area contributed by atoms with Gasteiger partial charge in [0.05, 0.1) is 17.2 Å². The SMILES string of the molecule is O[C@@H](CNc1cnc2ccccc2n1)COc1ccc(F)cc1. The maximum Gasteiger partial charge on any atom is 0.145 e. The van der Waals surface area contributed by atoms with Crippen molar-refractivity contribution in [1.29, 1.82) is 0 Å². The Kier molecular flexibility index (Phi) is 4.63. The topological polar surface area (TPSA) is 67.3 Å². The third-order valence-electron chi connectivity index (χ3n) is 3.22. The van der Waals surface area contributed by atoms with Gasteiger partial charge in [0.2, 0.25) is 0 Å². The van der Waals surface area contributed by atoms with Crippen molar-refractivity contribution in [1.82, 2.24) is 9.97 Å². The Morgan fingerprint density at radius 2 is 1.83 bits per heavy atom. The zero-order valence-corrected chi connectivity index (χ0v) is 12.3. The first-order valence-corrected chi connectivity index (χ1v) is 7.23. The van der Waals surface area contributed by atoms with E-state index in [1.807, 2.05) is 24.3 Å². The lowest BCUT2D eigenvalue weighted by Crippen LogP contribution is -2.26. The molecule has 0 fully saturated rings. The first kappa shape index (κ1) is 15.2. The van der Waals surface area contributed by atoms with Gasteiger partial charge in [-0.3, -0.25) is 4.98 Å².